The molecule has 0 spiro atoms. The Morgan fingerprint density at radius 3 is 2.33 bits per heavy atom. The summed E-state index contributed by atoms with van der Waals surface area (Å²) >= 11 is 0. The highest BCUT2D eigenvalue weighted by atomic mass is 16.5. The number of carbonyl (C=O) groups is 2. The first-order chi connectivity index (χ1) is 12.8. The number of anilines is 1. The number of nitrogens with one attached hydrogen (secondary N) is 1. The van der Waals surface area contributed by atoms with Crippen LogP contribution < -0.4 is 10.1 Å². The molecule has 0 aromatic heterocycles. The van der Waals surface area contributed by atoms with Gasteiger partial charge in [0.1, 0.15) is 5.75 Å². The normalized spacial score (nSPS) is 12.8. The highest BCUT2D eigenvalue weighted by Crippen LogP contribution is 2.29. The molecule has 0 bridgehead atoms. The van der Waals surface area contributed by atoms with Crippen LogP contribution in [0, 0.1) is 0 Å². The van der Waals surface area contributed by atoms with Gasteiger partial charge in [-0.1, -0.05) is 44.2 Å². The smallest absolute Gasteiger partial charge is 0.265 e. The maximum absolute atomic E-state index is 12.7. The molecular formula is C22H28N2O3. The van der Waals surface area contributed by atoms with Gasteiger partial charge in [0, 0.05) is 14.1 Å². The van der Waals surface area contributed by atoms with Gasteiger partial charge < -0.3 is 15.0 Å². The minimum atomic E-state index is -0.697. The molecule has 0 aliphatic rings. The molecule has 5 heteroatoms. The summed E-state index contributed by atoms with van der Waals surface area (Å²) in [7, 11) is 3.36. The van der Waals surface area contributed by atoms with Crippen molar-refractivity contribution in [3.05, 3.63) is 59.7 Å². The van der Waals surface area contributed by atoms with Crippen LogP contribution in [-0.2, 0) is 4.79 Å². The van der Waals surface area contributed by atoms with Crippen molar-refractivity contribution in [1.82, 2.24) is 4.90 Å². The average molecular weight is 368 g/mol. The predicted octanol–water partition coefficient (Wildman–Crippen LogP) is 4.31. The maximum Gasteiger partial charge on any atom is 0.265 e. The van der Waals surface area contributed by atoms with Crippen LogP contribution in [-0.4, -0.2) is 36.9 Å². The number of rotatable bonds is 7. The molecule has 0 saturated carbocycles. The number of ether oxygens (including phenoxy) is 1. The molecule has 0 aliphatic heterocycles. The third kappa shape index (κ3) is 5.09. The van der Waals surface area contributed by atoms with Crippen LogP contribution >= 0.6 is 0 Å². The van der Waals surface area contributed by atoms with Crippen molar-refractivity contribution in [2.75, 3.05) is 19.4 Å². The summed E-state index contributed by atoms with van der Waals surface area (Å²) in [6.45, 7) is 5.96. The molecule has 0 saturated heterocycles. The number of para-hydroxylation sites is 2. The molecule has 27 heavy (non-hydrogen) atoms. The highest BCUT2D eigenvalue weighted by molar-refractivity contribution is 6.04. The van der Waals surface area contributed by atoms with E-state index in [-0.39, 0.29) is 11.8 Å². The van der Waals surface area contributed by atoms with Gasteiger partial charge in [-0.2, -0.15) is 0 Å². The van der Waals surface area contributed by atoms with E-state index in [0.717, 1.165) is 12.0 Å². The Balaban J connectivity index is 2.15. The number of amides is 2. The van der Waals surface area contributed by atoms with E-state index in [1.807, 2.05) is 24.3 Å². The van der Waals surface area contributed by atoms with Crippen molar-refractivity contribution >= 4 is 17.5 Å². The first-order valence-electron chi connectivity index (χ1n) is 9.22. The average Bonchev–Trinajstić information content (AvgIpc) is 2.67. The molecule has 0 fully saturated rings. The fourth-order valence-electron chi connectivity index (χ4n) is 2.71. The van der Waals surface area contributed by atoms with E-state index in [1.165, 1.54) is 4.90 Å². The largest absolute Gasteiger partial charge is 0.481 e. The minimum absolute atomic E-state index is 0.165. The number of hydrogen-bond donors (Lipinski definition) is 1. The summed E-state index contributed by atoms with van der Waals surface area (Å²) in [5.41, 5.74) is 2.01. The van der Waals surface area contributed by atoms with E-state index in [1.54, 1.807) is 45.3 Å². The van der Waals surface area contributed by atoms with Gasteiger partial charge in [-0.3, -0.25) is 9.59 Å². The molecule has 144 valence electrons. The van der Waals surface area contributed by atoms with Crippen molar-refractivity contribution in [2.24, 2.45) is 0 Å². The van der Waals surface area contributed by atoms with Crippen LogP contribution in [0.3, 0.4) is 0 Å². The fourth-order valence-corrected chi connectivity index (χ4v) is 2.71. The molecule has 0 heterocycles. The Bertz CT molecular complexity index is 802. The molecule has 5 nitrogen and oxygen atoms in total. The summed E-state index contributed by atoms with van der Waals surface area (Å²) in [4.78, 5) is 26.4. The predicted molar refractivity (Wildman–Crippen MR) is 108 cm³/mol. The van der Waals surface area contributed by atoms with Gasteiger partial charge in [-0.15, -0.1) is 0 Å². The van der Waals surface area contributed by atoms with Crippen LogP contribution in [0.25, 0.3) is 0 Å². The molecule has 2 atom stereocenters. The molecule has 2 aromatic rings. The minimum Gasteiger partial charge on any atom is -0.481 e. The van der Waals surface area contributed by atoms with Gasteiger partial charge in [-0.25, -0.2) is 0 Å². The first-order valence-corrected chi connectivity index (χ1v) is 9.22. The van der Waals surface area contributed by atoms with E-state index in [9.17, 15) is 9.59 Å². The van der Waals surface area contributed by atoms with Crippen LogP contribution in [0.15, 0.2) is 48.5 Å². The zero-order valence-electron chi connectivity index (χ0n) is 16.7. The van der Waals surface area contributed by atoms with E-state index in [2.05, 4.69) is 19.2 Å². The lowest BCUT2D eigenvalue weighted by Gasteiger charge is -2.20. The topological polar surface area (TPSA) is 58.6 Å². The maximum atomic E-state index is 12.7. The molecular weight excluding hydrogens is 340 g/mol. The van der Waals surface area contributed by atoms with E-state index in [0.29, 0.717) is 22.9 Å². The van der Waals surface area contributed by atoms with Crippen molar-refractivity contribution in [1.29, 1.82) is 0 Å². The molecule has 2 amide bonds. The van der Waals surface area contributed by atoms with Gasteiger partial charge in [0.15, 0.2) is 6.10 Å². The van der Waals surface area contributed by atoms with Crippen molar-refractivity contribution in [3.63, 3.8) is 0 Å². The number of nitrogens with zero attached hydrogens (tertiary/aromatic N) is 1. The zero-order chi connectivity index (χ0) is 20.0. The summed E-state index contributed by atoms with van der Waals surface area (Å²) in [5, 5.41) is 2.82. The Hall–Kier alpha value is -2.82. The Morgan fingerprint density at radius 2 is 1.67 bits per heavy atom. The van der Waals surface area contributed by atoms with Crippen molar-refractivity contribution in [3.8, 4) is 5.75 Å². The van der Waals surface area contributed by atoms with Gasteiger partial charge in [0.2, 0.25) is 0 Å². The number of benzene rings is 2. The van der Waals surface area contributed by atoms with Gasteiger partial charge >= 0.3 is 0 Å². The monoisotopic (exact) mass is 368 g/mol. The molecule has 2 aromatic carbocycles. The lowest BCUT2D eigenvalue weighted by atomic mass is 9.98. The van der Waals surface area contributed by atoms with Crippen molar-refractivity contribution in [2.45, 2.75) is 39.2 Å². The summed E-state index contributed by atoms with van der Waals surface area (Å²) < 4.78 is 5.94. The van der Waals surface area contributed by atoms with E-state index < -0.39 is 6.10 Å². The highest BCUT2D eigenvalue weighted by Gasteiger charge is 2.20. The van der Waals surface area contributed by atoms with E-state index in [4.69, 9.17) is 4.74 Å². The van der Waals surface area contributed by atoms with Crippen molar-refractivity contribution < 1.29 is 14.3 Å². The van der Waals surface area contributed by atoms with E-state index >= 15 is 0 Å². The van der Waals surface area contributed by atoms with Crippen LogP contribution in [0.2, 0.25) is 0 Å². The molecule has 2 rings (SSSR count). The Morgan fingerprint density at radius 1 is 1.04 bits per heavy atom. The SMILES string of the molecule is CCC(C)c1ccccc1OC(C)C(=O)Nc1ccccc1C(=O)N(C)C. The zero-order valence-corrected chi connectivity index (χ0v) is 16.7. The molecule has 1 N–H and O–H groups in total. The second kappa shape index (κ2) is 9.21. The van der Waals surface area contributed by atoms with Gasteiger partial charge in [0.05, 0.1) is 11.3 Å². The molecule has 0 aliphatic carbocycles. The summed E-state index contributed by atoms with van der Waals surface area (Å²) in [6, 6.07) is 14.8. The quantitative estimate of drug-likeness (QED) is 0.792. The van der Waals surface area contributed by atoms with Crippen LogP contribution in [0.1, 0.15) is 49.0 Å². The summed E-state index contributed by atoms with van der Waals surface area (Å²) in [6.07, 6.45) is 0.291. The first kappa shape index (κ1) is 20.5. The lowest BCUT2D eigenvalue weighted by molar-refractivity contribution is -0.122. The number of hydrogen-bond acceptors (Lipinski definition) is 3. The van der Waals surface area contributed by atoms with Crippen LogP contribution in [0.5, 0.6) is 5.75 Å². The standard InChI is InChI=1S/C22H28N2O3/c1-6-15(2)17-11-8-10-14-20(17)27-16(3)21(25)23-19-13-9-7-12-18(19)22(26)24(4)5/h7-16H,6H2,1-5H3,(H,23,25). The Labute approximate surface area is 161 Å². The lowest BCUT2D eigenvalue weighted by Crippen LogP contribution is -2.32. The summed E-state index contributed by atoms with van der Waals surface area (Å²) in [5.74, 6) is 0.594. The Kier molecular flexibility index (Phi) is 6.99. The third-order valence-corrected chi connectivity index (χ3v) is 4.56. The molecule has 2 unspecified atom stereocenters. The second-order valence-electron chi connectivity index (χ2n) is 6.84. The van der Waals surface area contributed by atoms with Gasteiger partial charge in [-0.05, 0) is 43.0 Å². The van der Waals surface area contributed by atoms with Gasteiger partial charge in [0.25, 0.3) is 11.8 Å². The second-order valence-corrected chi connectivity index (χ2v) is 6.84. The fraction of sp³-hybridized carbons (Fsp3) is 0.364. The molecule has 0 radical (unpaired) electrons. The third-order valence-electron chi connectivity index (χ3n) is 4.56. The van der Waals surface area contributed by atoms with Crippen LogP contribution in [0.4, 0.5) is 5.69 Å². The number of carbonyl (C=O) groups excluding carboxylic acids is 2.